The van der Waals surface area contributed by atoms with Crippen LogP contribution >= 0.6 is 11.6 Å². The summed E-state index contributed by atoms with van der Waals surface area (Å²) in [5, 5.41) is 11.0. The van der Waals surface area contributed by atoms with Gasteiger partial charge in [0.2, 0.25) is 5.89 Å². The minimum atomic E-state index is -0.190. The fourth-order valence-electron chi connectivity index (χ4n) is 2.12. The number of hydrogen-bond acceptors (Lipinski definition) is 5. The summed E-state index contributed by atoms with van der Waals surface area (Å²) in [7, 11) is 0. The molecule has 25 heavy (non-hydrogen) atoms. The molecule has 2 aromatic rings. The molecule has 7 nitrogen and oxygen atoms in total. The first-order valence-electron chi connectivity index (χ1n) is 8.33. The Morgan fingerprint density at radius 1 is 1.32 bits per heavy atom. The van der Waals surface area contributed by atoms with Crippen LogP contribution in [-0.4, -0.2) is 29.3 Å². The second-order valence-corrected chi connectivity index (χ2v) is 5.69. The molecule has 2 rings (SSSR count). The van der Waals surface area contributed by atoms with E-state index in [2.05, 4.69) is 25.8 Å². The molecule has 0 saturated carbocycles. The second-order valence-electron chi connectivity index (χ2n) is 5.28. The van der Waals surface area contributed by atoms with Crippen LogP contribution in [0.15, 0.2) is 33.8 Å². The zero-order valence-electron chi connectivity index (χ0n) is 14.8. The maximum absolute atomic E-state index is 6.16. The van der Waals surface area contributed by atoms with Gasteiger partial charge in [-0.15, -0.1) is 0 Å². The first-order chi connectivity index (χ1) is 12.1. The molecule has 0 amide bonds. The molecule has 1 unspecified atom stereocenters. The smallest absolute Gasteiger partial charge is 0.246 e. The molecular formula is C17H24ClN5O2. The average Bonchev–Trinajstić information content (AvgIpc) is 3.08. The van der Waals surface area contributed by atoms with Crippen LogP contribution in [0.5, 0.6) is 0 Å². The highest BCUT2D eigenvalue weighted by atomic mass is 35.5. The lowest BCUT2D eigenvalue weighted by Crippen LogP contribution is -2.36. The number of ether oxygens (including phenoxy) is 1. The monoisotopic (exact) mass is 365 g/mol. The summed E-state index contributed by atoms with van der Waals surface area (Å²) >= 11 is 6.16. The van der Waals surface area contributed by atoms with Crippen molar-refractivity contribution >= 4 is 17.6 Å². The molecule has 0 radical (unpaired) electrons. The molecule has 0 fully saturated rings. The fourth-order valence-corrected chi connectivity index (χ4v) is 2.32. The summed E-state index contributed by atoms with van der Waals surface area (Å²) in [5.41, 5.74) is 0.965. The van der Waals surface area contributed by atoms with Crippen LogP contribution in [0, 0.1) is 0 Å². The standard InChI is InChI=1S/C17H24ClN5O2/c1-4-19-17(20-10-13-8-6-7-9-14(13)18)21-11-15-22-16(23-25-15)12(3)24-5-2/h6-9,12H,4-5,10-11H2,1-3H3,(H2,19,20,21). The van der Waals surface area contributed by atoms with Gasteiger partial charge in [0.15, 0.2) is 11.8 Å². The van der Waals surface area contributed by atoms with Crippen LogP contribution in [0.2, 0.25) is 5.02 Å². The lowest BCUT2D eigenvalue weighted by Gasteiger charge is -2.10. The van der Waals surface area contributed by atoms with E-state index in [0.29, 0.717) is 42.4 Å². The zero-order chi connectivity index (χ0) is 18.1. The number of rotatable bonds is 8. The number of nitrogens with one attached hydrogen (secondary N) is 2. The van der Waals surface area contributed by atoms with Gasteiger partial charge >= 0.3 is 0 Å². The third kappa shape index (κ3) is 6.03. The van der Waals surface area contributed by atoms with Gasteiger partial charge in [0, 0.05) is 18.2 Å². The van der Waals surface area contributed by atoms with Crippen LogP contribution < -0.4 is 10.6 Å². The molecule has 0 saturated heterocycles. The van der Waals surface area contributed by atoms with Gasteiger partial charge in [0.05, 0.1) is 13.1 Å². The predicted octanol–water partition coefficient (Wildman–Crippen LogP) is 3.08. The Morgan fingerprint density at radius 3 is 2.84 bits per heavy atom. The van der Waals surface area contributed by atoms with E-state index in [1.807, 2.05) is 45.0 Å². The highest BCUT2D eigenvalue weighted by molar-refractivity contribution is 6.31. The summed E-state index contributed by atoms with van der Waals surface area (Å²) in [6.07, 6.45) is -0.190. The van der Waals surface area contributed by atoms with Crippen LogP contribution in [0.25, 0.3) is 0 Å². The summed E-state index contributed by atoms with van der Waals surface area (Å²) in [4.78, 5) is 8.85. The highest BCUT2D eigenvalue weighted by Crippen LogP contribution is 2.15. The number of aliphatic imine (C=N–C) groups is 1. The molecule has 8 heteroatoms. The van der Waals surface area contributed by atoms with Crippen molar-refractivity contribution in [3.63, 3.8) is 0 Å². The normalized spacial score (nSPS) is 12.9. The summed E-state index contributed by atoms with van der Waals surface area (Å²) in [6, 6.07) is 7.65. The molecule has 0 aliphatic carbocycles. The van der Waals surface area contributed by atoms with Gasteiger partial charge in [0.25, 0.3) is 0 Å². The fraction of sp³-hybridized carbons (Fsp3) is 0.471. The molecule has 2 N–H and O–H groups in total. The van der Waals surface area contributed by atoms with Gasteiger partial charge in [-0.3, -0.25) is 0 Å². The molecule has 0 bridgehead atoms. The van der Waals surface area contributed by atoms with Gasteiger partial charge in [-0.1, -0.05) is 35.0 Å². The lowest BCUT2D eigenvalue weighted by atomic mass is 10.2. The van der Waals surface area contributed by atoms with Gasteiger partial charge < -0.3 is 19.9 Å². The van der Waals surface area contributed by atoms with Gasteiger partial charge in [-0.25, -0.2) is 4.99 Å². The van der Waals surface area contributed by atoms with Crippen LogP contribution in [0.1, 0.15) is 44.2 Å². The Hall–Kier alpha value is -2.12. The molecule has 0 aliphatic rings. The molecule has 1 aromatic heterocycles. The minimum absolute atomic E-state index is 0.190. The summed E-state index contributed by atoms with van der Waals surface area (Å²) < 4.78 is 10.7. The quantitative estimate of drug-likeness (QED) is 0.552. The van der Waals surface area contributed by atoms with E-state index in [-0.39, 0.29) is 6.10 Å². The maximum Gasteiger partial charge on any atom is 0.246 e. The Morgan fingerprint density at radius 2 is 2.12 bits per heavy atom. The van der Waals surface area contributed by atoms with Crippen molar-refractivity contribution in [2.75, 3.05) is 13.2 Å². The van der Waals surface area contributed by atoms with Crippen molar-refractivity contribution < 1.29 is 9.26 Å². The SMILES string of the molecule is CCNC(=NCc1ccccc1Cl)NCc1nc(C(C)OCC)no1. The van der Waals surface area contributed by atoms with E-state index < -0.39 is 0 Å². The number of hydrogen-bond donors (Lipinski definition) is 2. The van der Waals surface area contributed by atoms with E-state index in [9.17, 15) is 0 Å². The average molecular weight is 366 g/mol. The lowest BCUT2D eigenvalue weighted by molar-refractivity contribution is 0.0683. The Kier molecular flexibility index (Phi) is 7.69. The Labute approximate surface area is 152 Å². The number of aromatic nitrogens is 2. The number of benzene rings is 1. The van der Waals surface area contributed by atoms with Crippen molar-refractivity contribution in [2.24, 2.45) is 4.99 Å². The van der Waals surface area contributed by atoms with E-state index in [1.165, 1.54) is 0 Å². The van der Waals surface area contributed by atoms with Gasteiger partial charge in [-0.05, 0) is 32.4 Å². The second kappa shape index (κ2) is 10.0. The van der Waals surface area contributed by atoms with Gasteiger partial charge in [-0.2, -0.15) is 4.98 Å². The first kappa shape index (κ1) is 19.2. The zero-order valence-corrected chi connectivity index (χ0v) is 15.5. The first-order valence-corrected chi connectivity index (χ1v) is 8.71. The number of nitrogens with zero attached hydrogens (tertiary/aromatic N) is 3. The minimum Gasteiger partial charge on any atom is -0.371 e. The molecule has 0 spiro atoms. The van der Waals surface area contributed by atoms with E-state index in [0.717, 1.165) is 12.1 Å². The van der Waals surface area contributed by atoms with E-state index in [1.54, 1.807) is 0 Å². The summed E-state index contributed by atoms with van der Waals surface area (Å²) in [6.45, 7) is 8.01. The Balaban J connectivity index is 1.95. The van der Waals surface area contributed by atoms with Crippen molar-refractivity contribution in [3.05, 3.63) is 46.6 Å². The summed E-state index contributed by atoms with van der Waals surface area (Å²) in [5.74, 6) is 1.67. The molecule has 1 aromatic carbocycles. The van der Waals surface area contributed by atoms with Crippen molar-refractivity contribution in [1.29, 1.82) is 0 Å². The van der Waals surface area contributed by atoms with Crippen LogP contribution in [-0.2, 0) is 17.8 Å². The van der Waals surface area contributed by atoms with E-state index >= 15 is 0 Å². The molecule has 136 valence electrons. The molecule has 0 aliphatic heterocycles. The van der Waals surface area contributed by atoms with Crippen LogP contribution in [0.4, 0.5) is 0 Å². The third-order valence-electron chi connectivity index (χ3n) is 3.38. The number of guanidine groups is 1. The topological polar surface area (TPSA) is 84.6 Å². The van der Waals surface area contributed by atoms with Crippen LogP contribution in [0.3, 0.4) is 0 Å². The van der Waals surface area contributed by atoms with Crippen molar-refractivity contribution in [3.8, 4) is 0 Å². The Bertz CT molecular complexity index is 689. The van der Waals surface area contributed by atoms with Crippen molar-refractivity contribution in [2.45, 2.75) is 40.0 Å². The number of halogens is 1. The third-order valence-corrected chi connectivity index (χ3v) is 3.75. The molecule has 1 atom stereocenters. The largest absolute Gasteiger partial charge is 0.371 e. The molecule has 1 heterocycles. The van der Waals surface area contributed by atoms with Crippen molar-refractivity contribution in [1.82, 2.24) is 20.8 Å². The molecular weight excluding hydrogens is 342 g/mol. The van der Waals surface area contributed by atoms with Gasteiger partial charge in [0.1, 0.15) is 6.10 Å². The maximum atomic E-state index is 6.16. The highest BCUT2D eigenvalue weighted by Gasteiger charge is 2.13. The predicted molar refractivity (Wildman–Crippen MR) is 97.4 cm³/mol. The van der Waals surface area contributed by atoms with E-state index in [4.69, 9.17) is 20.9 Å².